The second-order valence-electron chi connectivity index (χ2n) is 15.5. The lowest BCUT2D eigenvalue weighted by Crippen LogP contribution is -2.59. The Kier molecular flexibility index (Phi) is 20.2. The van der Waals surface area contributed by atoms with Crippen molar-refractivity contribution >= 4 is 70.0 Å². The maximum atomic E-state index is 14.4. The number of carbonyl (C=O) groups excluding carboxylic acids is 5. The Labute approximate surface area is 386 Å². The van der Waals surface area contributed by atoms with Gasteiger partial charge >= 0.3 is 5.97 Å². The zero-order valence-electron chi connectivity index (χ0n) is 35.5. The number of aliphatic carboxylic acids is 1. The van der Waals surface area contributed by atoms with E-state index in [2.05, 4.69) is 53.8 Å². The molecule has 1 aliphatic rings. The number of hydrogen-bond acceptors (Lipinski definition) is 9. The summed E-state index contributed by atoms with van der Waals surface area (Å²) in [4.78, 5) is 91.8. The molecular formula is C44H59IN12O7. The summed E-state index contributed by atoms with van der Waals surface area (Å²) in [7, 11) is 0. The van der Waals surface area contributed by atoms with Crippen molar-refractivity contribution < 1.29 is 33.9 Å². The standard InChI is InChI=1S/C44H59IN12O7/c45-30-19-17-29(18-20-30)26-35(42(63)64)56-39(60)33(24-27-10-3-1-4-11-27)54-38(59)34(25-28-12-5-2-6-13-28)55-40(61)36-16-9-23-57(36)41(62)32(15-8-22-52-44(49)50)53-37(58)31(46)14-7-21-51-43(47)48/h1-6,10-13,17-20,31-36H,7-9,14-16,21-26,46H2,(H,53,58)(H,54,59)(H,55,61)(H,56,60)(H,63,64)(H4,47,48,51)(H4,49,50,52)/t31-,32-,33-,34-,35+,36-/m0/s1/i45+4. The summed E-state index contributed by atoms with van der Waals surface area (Å²) < 4.78 is 0.964. The van der Waals surface area contributed by atoms with Gasteiger partial charge in [-0.25, -0.2) is 4.79 Å². The second kappa shape index (κ2) is 25.7. The van der Waals surface area contributed by atoms with Gasteiger partial charge in [0.15, 0.2) is 11.9 Å². The SMILES string of the molecule is NC(N)=NCCC[C@H](NC(=O)[C@@H](N)CCCN=C(N)N)C(=O)N1CCC[C@H]1C(=O)N[C@@H](Cc1ccccc1)C(=O)N[C@@H](Cc1ccccc1)C(=O)N[C@H](Cc1ccc([131I])cc1)C(=O)O. The predicted molar refractivity (Wildman–Crippen MR) is 251 cm³/mol. The Morgan fingerprint density at radius 2 is 1.11 bits per heavy atom. The lowest BCUT2D eigenvalue weighted by molar-refractivity contribution is -0.143. The predicted octanol–water partition coefficient (Wildman–Crippen LogP) is -0.232. The van der Waals surface area contributed by atoms with Crippen LogP contribution >= 0.6 is 22.6 Å². The number of carboxylic acid groups (broad SMARTS) is 1. The Morgan fingerprint density at radius 1 is 0.641 bits per heavy atom. The van der Waals surface area contributed by atoms with Crippen LogP contribution in [0.4, 0.5) is 0 Å². The van der Waals surface area contributed by atoms with E-state index in [1.165, 1.54) is 4.90 Å². The third kappa shape index (κ3) is 16.8. The van der Waals surface area contributed by atoms with E-state index in [0.717, 1.165) is 3.57 Å². The third-order valence-corrected chi connectivity index (χ3v) is 11.2. The number of guanidine groups is 2. The fraction of sp³-hybridized carbons (Fsp3) is 0.409. The molecule has 1 saturated heterocycles. The zero-order chi connectivity index (χ0) is 46.6. The highest BCUT2D eigenvalue weighted by Gasteiger charge is 2.39. The first kappa shape index (κ1) is 50.4. The molecule has 0 bridgehead atoms. The monoisotopic (exact) mass is 998 g/mol. The minimum Gasteiger partial charge on any atom is -0.480 e. The molecule has 15 N–H and O–H groups in total. The molecule has 0 radical (unpaired) electrons. The van der Waals surface area contributed by atoms with Crippen LogP contribution in [0.2, 0.25) is 0 Å². The van der Waals surface area contributed by atoms with Crippen LogP contribution in [0.25, 0.3) is 0 Å². The number of aliphatic imine (C=N–C) groups is 2. The molecule has 6 atom stereocenters. The summed E-state index contributed by atoms with van der Waals surface area (Å²) in [6.07, 6.45) is 1.86. The Bertz CT molecular complexity index is 2080. The van der Waals surface area contributed by atoms with E-state index in [1.807, 2.05) is 12.1 Å². The molecule has 20 heteroatoms. The van der Waals surface area contributed by atoms with Crippen molar-refractivity contribution in [1.29, 1.82) is 0 Å². The summed E-state index contributed by atoms with van der Waals surface area (Å²) in [6, 6.07) is 18.3. The van der Waals surface area contributed by atoms with Gasteiger partial charge in [-0.2, -0.15) is 0 Å². The molecule has 0 spiro atoms. The van der Waals surface area contributed by atoms with Gasteiger partial charge in [0.1, 0.15) is 30.2 Å². The van der Waals surface area contributed by atoms with E-state index < -0.39 is 71.8 Å². The molecule has 0 aliphatic carbocycles. The van der Waals surface area contributed by atoms with E-state index in [-0.39, 0.29) is 70.1 Å². The molecule has 0 saturated carbocycles. The molecule has 3 aromatic rings. The Morgan fingerprint density at radius 3 is 1.64 bits per heavy atom. The van der Waals surface area contributed by atoms with E-state index in [9.17, 15) is 33.9 Å². The van der Waals surface area contributed by atoms with E-state index in [4.69, 9.17) is 28.7 Å². The number of carbonyl (C=O) groups is 6. The van der Waals surface area contributed by atoms with Crippen LogP contribution in [0.3, 0.4) is 0 Å². The molecule has 3 aromatic carbocycles. The second-order valence-corrected chi connectivity index (χ2v) is 16.7. The fourth-order valence-corrected chi connectivity index (χ4v) is 7.54. The maximum absolute atomic E-state index is 14.4. The van der Waals surface area contributed by atoms with Gasteiger partial charge in [-0.3, -0.25) is 34.0 Å². The number of rotatable bonds is 24. The number of carboxylic acids is 1. The first-order valence-electron chi connectivity index (χ1n) is 21.0. The number of likely N-dealkylation sites (tertiary alicyclic amines) is 1. The molecular weight excluding hydrogens is 939 g/mol. The van der Waals surface area contributed by atoms with Crippen LogP contribution in [-0.2, 0) is 48.0 Å². The van der Waals surface area contributed by atoms with Crippen LogP contribution in [-0.4, -0.2) is 113 Å². The molecule has 64 heavy (non-hydrogen) atoms. The molecule has 0 unspecified atom stereocenters. The Balaban J connectivity index is 1.55. The number of amides is 5. The number of hydrogen-bond donors (Lipinski definition) is 10. The largest absolute Gasteiger partial charge is 0.480 e. The molecule has 1 aliphatic heterocycles. The number of nitrogens with zero attached hydrogens (tertiary/aromatic N) is 3. The lowest BCUT2D eigenvalue weighted by Gasteiger charge is -2.30. The van der Waals surface area contributed by atoms with Crippen molar-refractivity contribution in [2.75, 3.05) is 19.6 Å². The van der Waals surface area contributed by atoms with Crippen molar-refractivity contribution in [2.45, 2.75) is 94.0 Å². The van der Waals surface area contributed by atoms with Crippen molar-refractivity contribution in [3.63, 3.8) is 0 Å². The normalized spacial score (nSPS) is 15.6. The van der Waals surface area contributed by atoms with Crippen molar-refractivity contribution in [1.82, 2.24) is 26.2 Å². The van der Waals surface area contributed by atoms with Crippen LogP contribution in [0, 0.1) is 3.57 Å². The van der Waals surface area contributed by atoms with Gasteiger partial charge in [-0.1, -0.05) is 72.8 Å². The van der Waals surface area contributed by atoms with Gasteiger partial charge in [-0.15, -0.1) is 0 Å². The minimum absolute atomic E-state index is 0.00159. The molecule has 19 nitrogen and oxygen atoms in total. The fourth-order valence-electron chi connectivity index (χ4n) is 7.18. The van der Waals surface area contributed by atoms with Gasteiger partial charge in [0.25, 0.3) is 0 Å². The van der Waals surface area contributed by atoms with E-state index in [0.29, 0.717) is 36.0 Å². The maximum Gasteiger partial charge on any atom is 0.326 e. The van der Waals surface area contributed by atoms with Gasteiger partial charge in [0.05, 0.1) is 6.04 Å². The van der Waals surface area contributed by atoms with Gasteiger partial charge in [0, 0.05) is 42.5 Å². The van der Waals surface area contributed by atoms with Crippen LogP contribution in [0.1, 0.15) is 55.2 Å². The van der Waals surface area contributed by atoms with Crippen molar-refractivity contribution in [3.8, 4) is 0 Å². The molecule has 1 fully saturated rings. The highest BCUT2D eigenvalue weighted by molar-refractivity contribution is 14.1. The summed E-state index contributed by atoms with van der Waals surface area (Å²) in [5.41, 5.74) is 30.0. The Hall–Kier alpha value is -6.29. The summed E-state index contributed by atoms with van der Waals surface area (Å²) in [5, 5.41) is 21.1. The first-order chi connectivity index (χ1) is 30.6. The molecule has 1 heterocycles. The lowest BCUT2D eigenvalue weighted by atomic mass is 10.0. The summed E-state index contributed by atoms with van der Waals surface area (Å²) in [5.74, 6) is -4.61. The highest BCUT2D eigenvalue weighted by Crippen LogP contribution is 2.21. The van der Waals surface area contributed by atoms with Crippen molar-refractivity contribution in [3.05, 3.63) is 105 Å². The van der Waals surface area contributed by atoms with Gasteiger partial charge < -0.3 is 59.9 Å². The number of nitrogens with one attached hydrogen (secondary N) is 4. The molecule has 0 aromatic heterocycles. The van der Waals surface area contributed by atoms with Crippen LogP contribution in [0.5, 0.6) is 0 Å². The van der Waals surface area contributed by atoms with E-state index >= 15 is 0 Å². The summed E-state index contributed by atoms with van der Waals surface area (Å²) in [6.45, 7) is 0.640. The summed E-state index contributed by atoms with van der Waals surface area (Å²) >= 11 is 2.14. The topological polar surface area (TPSA) is 329 Å². The number of nitrogens with two attached hydrogens (primary N) is 5. The number of benzene rings is 3. The van der Waals surface area contributed by atoms with Crippen LogP contribution < -0.4 is 49.9 Å². The van der Waals surface area contributed by atoms with E-state index in [1.54, 1.807) is 72.8 Å². The molecule has 344 valence electrons. The molecule has 4 rings (SSSR count). The first-order valence-corrected chi connectivity index (χ1v) is 22.1. The average molecular weight is 999 g/mol. The zero-order valence-corrected chi connectivity index (χ0v) is 37.7. The molecule has 5 amide bonds. The average Bonchev–Trinajstić information content (AvgIpc) is 3.77. The van der Waals surface area contributed by atoms with Crippen LogP contribution in [0.15, 0.2) is 94.9 Å². The minimum atomic E-state index is -1.31. The highest BCUT2D eigenvalue weighted by atomic mass is 131. The van der Waals surface area contributed by atoms with Gasteiger partial charge in [0.2, 0.25) is 29.5 Å². The quantitative estimate of drug-likeness (QED) is 0.0241. The van der Waals surface area contributed by atoms with Gasteiger partial charge in [-0.05, 0) is 89.9 Å². The third-order valence-electron chi connectivity index (χ3n) is 10.5. The smallest absolute Gasteiger partial charge is 0.326 e. The number of halogens is 1. The van der Waals surface area contributed by atoms with Crippen molar-refractivity contribution in [2.24, 2.45) is 38.7 Å².